The molecule has 31 heavy (non-hydrogen) atoms. The Kier molecular flexibility index (Phi) is 5.29. The van der Waals surface area contributed by atoms with Crippen molar-refractivity contribution < 1.29 is 14.1 Å². The van der Waals surface area contributed by atoms with Gasteiger partial charge in [-0.3, -0.25) is 14.0 Å². The van der Waals surface area contributed by atoms with Gasteiger partial charge in [-0.1, -0.05) is 23.2 Å². The van der Waals surface area contributed by atoms with Gasteiger partial charge >= 0.3 is 0 Å². The number of hydrogen-bond acceptors (Lipinski definition) is 5. The zero-order valence-corrected chi connectivity index (χ0v) is 17.7. The fraction of sp³-hybridized carbons (Fsp3) is 0.217. The topological polar surface area (TPSA) is 103 Å². The Bertz CT molecular complexity index is 1360. The number of anilines is 1. The molecule has 3 N–H and O–H groups in total. The molecule has 158 valence electrons. The number of pyridine rings is 2. The van der Waals surface area contributed by atoms with Gasteiger partial charge in [0.15, 0.2) is 0 Å². The highest BCUT2D eigenvalue weighted by molar-refractivity contribution is 6.00. The molecule has 8 nitrogen and oxygen atoms in total. The first kappa shape index (κ1) is 20.3. The van der Waals surface area contributed by atoms with E-state index in [1.54, 1.807) is 23.9 Å². The Morgan fingerprint density at radius 1 is 1.26 bits per heavy atom. The summed E-state index contributed by atoms with van der Waals surface area (Å²) in [6.07, 6.45) is 1.67. The van der Waals surface area contributed by atoms with E-state index in [1.807, 2.05) is 44.2 Å². The number of ether oxygens (including phenoxy) is 1. The number of carbonyl (C=O) groups is 1. The minimum absolute atomic E-state index is 0.241. The van der Waals surface area contributed by atoms with Crippen molar-refractivity contribution in [2.75, 3.05) is 12.8 Å². The van der Waals surface area contributed by atoms with Gasteiger partial charge in [0, 0.05) is 18.3 Å². The molecule has 0 aliphatic heterocycles. The monoisotopic (exact) mass is 418 g/mol. The van der Waals surface area contributed by atoms with Gasteiger partial charge in [0.1, 0.15) is 16.7 Å². The zero-order chi connectivity index (χ0) is 22.1. The maximum absolute atomic E-state index is 13.2. The lowest BCUT2D eigenvalue weighted by Gasteiger charge is -2.12. The summed E-state index contributed by atoms with van der Waals surface area (Å²) in [5, 5.41) is 3.21. The molecule has 0 atom stereocenters. The second-order valence-electron chi connectivity index (χ2n) is 7.26. The van der Waals surface area contributed by atoms with Crippen LogP contribution in [0.15, 0.2) is 53.5 Å². The number of carbonyl (C=O) groups excluding carboxylic acids is 1. The average molecular weight is 418 g/mol. The van der Waals surface area contributed by atoms with Gasteiger partial charge < -0.3 is 15.8 Å². The van der Waals surface area contributed by atoms with Crippen LogP contribution in [-0.4, -0.2) is 22.4 Å². The number of benzene rings is 1. The standard InChI is InChI=1S/C23H23N5O3/c1-4-27-19(24)17(22(29)25-13-15-7-9-16(31-3)10-8-15)12-18-21(27)26-20-14(2)6-5-11-28(20)23(18)30/h5-12,24H,4,13H2,1-3H3,(H,25,29)/p+1. The van der Waals surface area contributed by atoms with E-state index >= 15 is 0 Å². The van der Waals surface area contributed by atoms with Crippen LogP contribution >= 0.6 is 0 Å². The third-order valence-electron chi connectivity index (χ3n) is 5.35. The number of methoxy groups -OCH3 is 1. The molecule has 3 heterocycles. The summed E-state index contributed by atoms with van der Waals surface area (Å²) in [5.74, 6) is 0.659. The van der Waals surface area contributed by atoms with E-state index < -0.39 is 0 Å². The zero-order valence-electron chi connectivity index (χ0n) is 17.7. The minimum atomic E-state index is -0.355. The summed E-state index contributed by atoms with van der Waals surface area (Å²) in [5.41, 5.74) is 9.17. The SMILES string of the molecule is CC[n+]1c(N)c(C(=O)NCc2ccc(OC)cc2)cc2c(=O)n3cccc(C)c3nc21. The summed E-state index contributed by atoms with van der Waals surface area (Å²) in [4.78, 5) is 30.8. The number of aromatic nitrogens is 3. The number of nitrogens with one attached hydrogen (secondary N) is 1. The fourth-order valence-electron chi connectivity index (χ4n) is 3.63. The van der Waals surface area contributed by atoms with E-state index in [9.17, 15) is 9.59 Å². The molecule has 0 unspecified atom stereocenters. The number of aryl methyl sites for hydroxylation is 2. The third kappa shape index (κ3) is 3.56. The molecule has 0 aliphatic carbocycles. The first-order valence-corrected chi connectivity index (χ1v) is 9.99. The third-order valence-corrected chi connectivity index (χ3v) is 5.35. The molecule has 0 spiro atoms. The van der Waals surface area contributed by atoms with Gasteiger partial charge in [-0.15, -0.1) is 0 Å². The van der Waals surface area contributed by atoms with Gasteiger partial charge in [-0.2, -0.15) is 0 Å². The molecule has 1 aromatic carbocycles. The van der Waals surface area contributed by atoms with E-state index in [0.29, 0.717) is 29.8 Å². The first-order chi connectivity index (χ1) is 14.9. The van der Waals surface area contributed by atoms with Crippen LogP contribution in [0.1, 0.15) is 28.4 Å². The summed E-state index contributed by atoms with van der Waals surface area (Å²) < 4.78 is 8.34. The lowest BCUT2D eigenvalue weighted by Crippen LogP contribution is -2.42. The smallest absolute Gasteiger partial charge is 0.278 e. The second kappa shape index (κ2) is 8.06. The summed E-state index contributed by atoms with van der Waals surface area (Å²) in [6.45, 7) is 4.58. The lowest BCUT2D eigenvalue weighted by molar-refractivity contribution is -0.655. The Morgan fingerprint density at radius 3 is 2.68 bits per heavy atom. The van der Waals surface area contributed by atoms with Crippen molar-refractivity contribution in [2.45, 2.75) is 26.9 Å². The molecule has 4 rings (SSSR count). The van der Waals surface area contributed by atoms with Gasteiger partial charge in [0.05, 0.1) is 13.7 Å². The number of amides is 1. The van der Waals surface area contributed by atoms with Crippen LogP contribution < -0.4 is 25.9 Å². The number of nitrogens with zero attached hydrogens (tertiary/aromatic N) is 3. The minimum Gasteiger partial charge on any atom is -0.497 e. The van der Waals surface area contributed by atoms with Crippen LogP contribution in [0.25, 0.3) is 16.7 Å². The Hall–Kier alpha value is -3.94. The summed E-state index contributed by atoms with van der Waals surface area (Å²) in [7, 11) is 1.60. The van der Waals surface area contributed by atoms with Crippen LogP contribution in [0.4, 0.5) is 5.82 Å². The van der Waals surface area contributed by atoms with Gasteiger partial charge in [-0.05, 0) is 43.7 Å². The van der Waals surface area contributed by atoms with Crippen LogP contribution in [0.3, 0.4) is 0 Å². The van der Waals surface area contributed by atoms with Gasteiger partial charge in [0.2, 0.25) is 11.5 Å². The molecule has 3 aromatic heterocycles. The van der Waals surface area contributed by atoms with E-state index in [2.05, 4.69) is 10.3 Å². The molecule has 0 aliphatic rings. The molecule has 0 saturated heterocycles. The van der Waals surface area contributed by atoms with Crippen LogP contribution in [0.5, 0.6) is 5.75 Å². The highest BCUT2D eigenvalue weighted by Gasteiger charge is 2.24. The predicted octanol–water partition coefficient (Wildman–Crippen LogP) is 1.98. The molecule has 1 amide bonds. The Morgan fingerprint density at radius 2 is 2.00 bits per heavy atom. The van der Waals surface area contributed by atoms with E-state index in [0.717, 1.165) is 16.9 Å². The summed E-state index contributed by atoms with van der Waals surface area (Å²) in [6, 6.07) is 12.6. The predicted molar refractivity (Wildman–Crippen MR) is 118 cm³/mol. The number of fused-ring (bicyclic) bond motifs is 2. The van der Waals surface area contributed by atoms with Gasteiger partial charge in [-0.25, -0.2) is 4.57 Å². The number of nitrogen functional groups attached to an aromatic ring is 1. The molecule has 0 fully saturated rings. The van der Waals surface area contributed by atoms with Gasteiger partial charge in [0.25, 0.3) is 17.1 Å². The number of rotatable bonds is 5. The highest BCUT2D eigenvalue weighted by atomic mass is 16.5. The van der Waals surface area contributed by atoms with Crippen molar-refractivity contribution in [3.05, 3.63) is 75.7 Å². The molecule has 0 radical (unpaired) electrons. The maximum atomic E-state index is 13.2. The van der Waals surface area contributed by atoms with E-state index in [4.69, 9.17) is 10.5 Å². The molecule has 0 bridgehead atoms. The van der Waals surface area contributed by atoms with E-state index in [1.165, 1.54) is 10.5 Å². The van der Waals surface area contributed by atoms with E-state index in [-0.39, 0.29) is 22.8 Å². The van der Waals surface area contributed by atoms with Crippen molar-refractivity contribution >= 4 is 28.4 Å². The maximum Gasteiger partial charge on any atom is 0.278 e. The number of hydrogen-bond donors (Lipinski definition) is 2. The van der Waals surface area contributed by atoms with Crippen molar-refractivity contribution in [1.29, 1.82) is 0 Å². The molecule has 4 aromatic rings. The van der Waals surface area contributed by atoms with Crippen LogP contribution in [-0.2, 0) is 13.1 Å². The Balaban J connectivity index is 1.77. The Labute approximate surface area is 178 Å². The quantitative estimate of drug-likeness (QED) is 0.381. The lowest BCUT2D eigenvalue weighted by atomic mass is 10.1. The molecule has 0 saturated carbocycles. The molecular weight excluding hydrogens is 394 g/mol. The second-order valence-corrected chi connectivity index (χ2v) is 7.26. The fourth-order valence-corrected chi connectivity index (χ4v) is 3.63. The van der Waals surface area contributed by atoms with Crippen LogP contribution in [0, 0.1) is 6.92 Å². The highest BCUT2D eigenvalue weighted by Crippen LogP contribution is 2.16. The molecular formula is C23H24N5O3+. The van der Waals surface area contributed by atoms with Crippen molar-refractivity contribution in [3.8, 4) is 5.75 Å². The first-order valence-electron chi connectivity index (χ1n) is 9.99. The summed E-state index contributed by atoms with van der Waals surface area (Å²) >= 11 is 0. The van der Waals surface area contributed by atoms with Crippen molar-refractivity contribution in [1.82, 2.24) is 14.7 Å². The largest absolute Gasteiger partial charge is 0.497 e. The average Bonchev–Trinajstić information content (AvgIpc) is 2.78. The van der Waals surface area contributed by atoms with Crippen molar-refractivity contribution in [3.63, 3.8) is 0 Å². The number of nitrogens with two attached hydrogens (primary N) is 1. The normalized spacial score (nSPS) is 11.1. The van der Waals surface area contributed by atoms with Crippen molar-refractivity contribution in [2.24, 2.45) is 0 Å². The van der Waals surface area contributed by atoms with Crippen LogP contribution in [0.2, 0.25) is 0 Å². The molecule has 8 heteroatoms.